The van der Waals surface area contributed by atoms with Gasteiger partial charge in [-0.25, -0.2) is 18.0 Å². The minimum absolute atomic E-state index is 0.0372. The first-order valence-electron chi connectivity index (χ1n) is 14.8. The first-order valence-corrected chi connectivity index (χ1v) is 14.8. The number of ether oxygens (including phenoxy) is 3. The lowest BCUT2D eigenvalue weighted by Crippen LogP contribution is -2.71. The van der Waals surface area contributed by atoms with Crippen LogP contribution in [0.1, 0.15) is 63.7 Å². The highest BCUT2D eigenvalue weighted by Crippen LogP contribution is 2.71. The summed E-state index contributed by atoms with van der Waals surface area (Å²) in [6, 6.07) is 3.58. The van der Waals surface area contributed by atoms with Crippen LogP contribution < -0.4 is 4.74 Å². The number of hydrogen-bond donors (Lipinski definition) is 1. The van der Waals surface area contributed by atoms with Crippen molar-refractivity contribution in [3.05, 3.63) is 53.4 Å². The second kappa shape index (κ2) is 10.9. The van der Waals surface area contributed by atoms with E-state index < -0.39 is 88.1 Å². The Morgan fingerprint density at radius 2 is 1.84 bits per heavy atom. The summed E-state index contributed by atoms with van der Waals surface area (Å²) in [6.45, 7) is 5.34. The highest BCUT2D eigenvalue weighted by Gasteiger charge is 2.78. The molecule has 0 heterocycles. The van der Waals surface area contributed by atoms with E-state index in [9.17, 15) is 28.7 Å². The number of hydrogen-bond acceptors (Lipinski definition) is 8. The first-order chi connectivity index (χ1) is 20.6. The zero-order valence-corrected chi connectivity index (χ0v) is 25.3. The topological polar surface area (TPSA) is 116 Å². The molecule has 0 aliphatic heterocycles. The van der Waals surface area contributed by atoms with Crippen molar-refractivity contribution in [3.63, 3.8) is 0 Å². The summed E-state index contributed by atoms with van der Waals surface area (Å²) in [5.41, 5.74) is -7.91. The van der Waals surface area contributed by atoms with Crippen molar-refractivity contribution >= 4 is 23.5 Å². The minimum Gasteiger partial charge on any atom is -0.497 e. The van der Waals surface area contributed by atoms with Crippen molar-refractivity contribution in [2.75, 3.05) is 13.7 Å². The maximum absolute atomic E-state index is 17.5. The molecule has 0 spiro atoms. The largest absolute Gasteiger partial charge is 0.497 e. The number of allylic oxidation sites excluding steroid dienone is 4. The molecule has 0 aromatic heterocycles. The molecule has 44 heavy (non-hydrogen) atoms. The molecule has 1 aromatic carbocycles. The highest BCUT2D eigenvalue weighted by molar-refractivity contribution is 6.01. The van der Waals surface area contributed by atoms with Gasteiger partial charge in [0, 0.05) is 35.2 Å². The average molecular weight is 619 g/mol. The number of rotatable bonds is 7. The third-order valence-corrected chi connectivity index (χ3v) is 10.8. The molecule has 0 unspecified atom stereocenters. The van der Waals surface area contributed by atoms with E-state index in [1.165, 1.54) is 45.2 Å². The van der Waals surface area contributed by atoms with Crippen LogP contribution in [0.25, 0.3) is 0 Å². The number of aliphatic hydroxyl groups excluding tert-OH is 1. The van der Waals surface area contributed by atoms with Crippen molar-refractivity contribution in [2.45, 2.75) is 76.9 Å². The normalized spacial score (nSPS) is 39.0. The number of esters is 2. The summed E-state index contributed by atoms with van der Waals surface area (Å²) in [7, 11) is 1.34. The SMILES string of the molecule is CCC(=O)O[C@]1(C(=O)OCC(=O)c2ccc(OC)cc2F)[C@H](C)C[C@H]2[C@@H]3C[C@H](F)C4=CC(=O)C=C[C@]4(C)[C@@]3(F)[C@@H](O)C[C@@]21C. The standard InChI is InChI=1S/C33H37F3O8/c1-6-28(40)44-33(29(41)43-16-26(38)20-8-7-19(42-5)13-24(20)34)17(2)11-21-22-14-25(35)23-12-18(37)9-10-30(23,3)32(22,36)27(39)15-31(21,33)4/h7-10,12-13,17,21-22,25,27,39H,6,11,14-16H2,1-5H3/t17-,21+,22+,25+,27+,30+,31+,32+,33+/m1/s1. The Balaban J connectivity index is 1.52. The molecule has 0 amide bonds. The van der Waals surface area contributed by atoms with Gasteiger partial charge in [-0.2, -0.15) is 0 Å². The van der Waals surface area contributed by atoms with Gasteiger partial charge >= 0.3 is 11.9 Å². The molecule has 9 atom stereocenters. The smallest absolute Gasteiger partial charge is 0.351 e. The van der Waals surface area contributed by atoms with Gasteiger partial charge in [0.15, 0.2) is 18.1 Å². The van der Waals surface area contributed by atoms with Crippen LogP contribution in [0, 0.1) is 34.4 Å². The minimum atomic E-state index is -2.40. The molecule has 1 aromatic rings. The van der Waals surface area contributed by atoms with Gasteiger partial charge < -0.3 is 19.3 Å². The van der Waals surface area contributed by atoms with Gasteiger partial charge in [-0.1, -0.05) is 26.8 Å². The summed E-state index contributed by atoms with van der Waals surface area (Å²) in [6.07, 6.45) is -0.569. The molecule has 0 bridgehead atoms. The highest BCUT2D eigenvalue weighted by atomic mass is 19.1. The number of Topliss-reactive ketones (excluding diaryl/α,β-unsaturated/α-hetero) is 1. The van der Waals surface area contributed by atoms with Gasteiger partial charge in [-0.15, -0.1) is 0 Å². The summed E-state index contributed by atoms with van der Waals surface area (Å²) in [4.78, 5) is 51.9. The van der Waals surface area contributed by atoms with Gasteiger partial charge in [-0.3, -0.25) is 14.4 Å². The van der Waals surface area contributed by atoms with E-state index in [0.29, 0.717) is 0 Å². The average Bonchev–Trinajstić information content (AvgIpc) is 3.20. The van der Waals surface area contributed by atoms with Crippen LogP contribution in [-0.4, -0.2) is 65.9 Å². The van der Waals surface area contributed by atoms with Crippen LogP contribution in [0.2, 0.25) is 0 Å². The van der Waals surface area contributed by atoms with Gasteiger partial charge in [0.05, 0.1) is 18.8 Å². The third-order valence-electron chi connectivity index (χ3n) is 10.8. The molecular weight excluding hydrogens is 581 g/mol. The van der Waals surface area contributed by atoms with Crippen molar-refractivity contribution in [1.82, 2.24) is 0 Å². The van der Waals surface area contributed by atoms with E-state index >= 15 is 8.78 Å². The number of ketones is 2. The Hall–Kier alpha value is -3.47. The monoisotopic (exact) mass is 618 g/mol. The zero-order valence-electron chi connectivity index (χ0n) is 25.3. The summed E-state index contributed by atoms with van der Waals surface area (Å²) < 4.78 is 64.2. The molecule has 8 nitrogen and oxygen atoms in total. The van der Waals surface area contributed by atoms with E-state index in [2.05, 4.69) is 0 Å². The quantitative estimate of drug-likeness (QED) is 0.342. The van der Waals surface area contributed by atoms with Crippen molar-refractivity contribution in [1.29, 1.82) is 0 Å². The maximum atomic E-state index is 17.5. The number of fused-ring (bicyclic) bond motifs is 5. The zero-order chi connectivity index (χ0) is 32.4. The number of carbonyl (C=O) groups excluding carboxylic acids is 4. The number of benzene rings is 1. The lowest BCUT2D eigenvalue weighted by molar-refractivity contribution is -0.238. The van der Waals surface area contributed by atoms with Gasteiger partial charge in [0.2, 0.25) is 11.4 Å². The fraction of sp³-hybridized carbons (Fsp3) is 0.576. The second-order valence-electron chi connectivity index (χ2n) is 12.9. The predicted octanol–water partition coefficient (Wildman–Crippen LogP) is 4.82. The molecule has 4 aliphatic rings. The number of alkyl halides is 2. The number of halogens is 3. The van der Waals surface area contributed by atoms with Gasteiger partial charge in [0.1, 0.15) is 17.7 Å². The Bertz CT molecular complexity index is 1470. The summed E-state index contributed by atoms with van der Waals surface area (Å²) in [5, 5.41) is 11.6. The molecule has 3 saturated carbocycles. The lowest BCUT2D eigenvalue weighted by atomic mass is 9.44. The Morgan fingerprint density at radius 3 is 2.48 bits per heavy atom. The molecule has 1 N–H and O–H groups in total. The molecule has 5 rings (SSSR count). The van der Waals surface area contributed by atoms with Crippen molar-refractivity contribution in [3.8, 4) is 5.75 Å². The molecule has 0 radical (unpaired) electrons. The van der Waals surface area contributed by atoms with Crippen LogP contribution in [0.4, 0.5) is 13.2 Å². The van der Waals surface area contributed by atoms with E-state index in [1.54, 1.807) is 13.8 Å². The van der Waals surface area contributed by atoms with Crippen LogP contribution in [0.5, 0.6) is 5.75 Å². The maximum Gasteiger partial charge on any atom is 0.351 e. The van der Waals surface area contributed by atoms with Gasteiger partial charge in [-0.05, 0) is 62.0 Å². The van der Waals surface area contributed by atoms with E-state index in [4.69, 9.17) is 14.2 Å². The third kappa shape index (κ3) is 4.29. The fourth-order valence-electron chi connectivity index (χ4n) is 8.63. The van der Waals surface area contributed by atoms with E-state index in [1.807, 2.05) is 0 Å². The predicted molar refractivity (Wildman–Crippen MR) is 151 cm³/mol. The van der Waals surface area contributed by atoms with E-state index in [0.717, 1.165) is 12.1 Å². The summed E-state index contributed by atoms with van der Waals surface area (Å²) >= 11 is 0. The van der Waals surface area contributed by atoms with Gasteiger partial charge in [0.25, 0.3) is 0 Å². The first kappa shape index (κ1) is 31.9. The molecule has 0 saturated heterocycles. The molecule has 11 heteroatoms. The lowest BCUT2D eigenvalue weighted by Gasteiger charge is -2.63. The van der Waals surface area contributed by atoms with Crippen LogP contribution in [0.15, 0.2) is 42.0 Å². The molecule has 4 aliphatic carbocycles. The summed E-state index contributed by atoms with van der Waals surface area (Å²) in [5.74, 6) is -6.53. The van der Waals surface area contributed by atoms with Crippen molar-refractivity contribution < 1.29 is 51.7 Å². The Labute approximate surface area is 253 Å². The Morgan fingerprint density at radius 1 is 1.14 bits per heavy atom. The number of carbonyl (C=O) groups is 4. The molecule has 3 fully saturated rings. The van der Waals surface area contributed by atoms with Crippen LogP contribution in [-0.2, 0) is 23.9 Å². The second-order valence-corrected chi connectivity index (χ2v) is 12.9. The van der Waals surface area contributed by atoms with Crippen molar-refractivity contribution in [2.24, 2.45) is 28.6 Å². The number of aliphatic hydroxyl groups is 1. The van der Waals surface area contributed by atoms with Crippen LogP contribution >= 0.6 is 0 Å². The number of methoxy groups -OCH3 is 1. The Kier molecular flexibility index (Phi) is 7.88. The van der Waals surface area contributed by atoms with Crippen LogP contribution in [0.3, 0.4) is 0 Å². The van der Waals surface area contributed by atoms with E-state index in [-0.39, 0.29) is 42.6 Å². The molecule has 238 valence electrons. The fourth-order valence-corrected chi connectivity index (χ4v) is 8.63. The molecular formula is C33H37F3O8.